The molecule has 2 N–H and O–H groups in total. The van der Waals surface area contributed by atoms with Crippen LogP contribution in [0.15, 0.2) is 39.5 Å². The monoisotopic (exact) mass is 299 g/mol. The van der Waals surface area contributed by atoms with E-state index in [9.17, 15) is 19.8 Å². The number of carboxylic acids is 1. The summed E-state index contributed by atoms with van der Waals surface area (Å²) in [6, 6.07) is 7.91. The summed E-state index contributed by atoms with van der Waals surface area (Å²) in [6.45, 7) is 0. The quantitative estimate of drug-likeness (QED) is 0.706. The number of anilines is 1. The van der Waals surface area contributed by atoms with Crippen LogP contribution in [0.1, 0.15) is 10.4 Å². The molecule has 0 bridgehead atoms. The fourth-order valence-corrected chi connectivity index (χ4v) is 2.34. The maximum Gasteiger partial charge on any atom is 0.336 e. The number of benzene rings is 2. The van der Waals surface area contributed by atoms with Crippen molar-refractivity contribution in [2.75, 3.05) is 19.0 Å². The van der Waals surface area contributed by atoms with Crippen LogP contribution in [0.4, 0.5) is 5.69 Å². The van der Waals surface area contributed by atoms with E-state index >= 15 is 0 Å². The molecule has 0 saturated heterocycles. The molecule has 1 heterocycles. The summed E-state index contributed by atoms with van der Waals surface area (Å²) < 4.78 is 5.60. The van der Waals surface area contributed by atoms with Crippen LogP contribution >= 0.6 is 0 Å². The summed E-state index contributed by atoms with van der Waals surface area (Å²) in [4.78, 5) is 24.9. The molecule has 3 rings (SSSR count). The van der Waals surface area contributed by atoms with Crippen molar-refractivity contribution in [1.82, 2.24) is 0 Å². The highest BCUT2D eigenvalue weighted by atomic mass is 16.4. The molecule has 6 nitrogen and oxygen atoms in total. The number of carbonyl (C=O) groups is 1. The predicted octanol–water partition coefficient (Wildman–Crippen LogP) is 2.37. The van der Waals surface area contributed by atoms with Crippen LogP contribution in [0.3, 0.4) is 0 Å². The van der Waals surface area contributed by atoms with Gasteiger partial charge in [-0.05, 0) is 18.2 Å². The lowest BCUT2D eigenvalue weighted by molar-refractivity contribution is 0.0697. The molecule has 0 radical (unpaired) electrons. The first kappa shape index (κ1) is 13.9. The van der Waals surface area contributed by atoms with Crippen LogP contribution in [-0.4, -0.2) is 30.3 Å². The maximum atomic E-state index is 11.7. The lowest BCUT2D eigenvalue weighted by Crippen LogP contribution is -2.10. The number of aromatic carboxylic acids is 1. The van der Waals surface area contributed by atoms with E-state index in [1.54, 1.807) is 18.2 Å². The highest BCUT2D eigenvalue weighted by molar-refractivity contribution is 5.99. The number of fused-ring (bicyclic) bond motifs is 2. The Bertz CT molecular complexity index is 926. The molecule has 0 saturated carbocycles. The second-order valence-corrected chi connectivity index (χ2v) is 5.18. The molecule has 1 aliphatic carbocycles. The van der Waals surface area contributed by atoms with E-state index in [4.69, 9.17) is 4.42 Å². The van der Waals surface area contributed by atoms with Gasteiger partial charge in [-0.1, -0.05) is 0 Å². The van der Waals surface area contributed by atoms with Gasteiger partial charge in [0.05, 0.1) is 5.56 Å². The minimum atomic E-state index is -1.25. The Morgan fingerprint density at radius 2 is 1.91 bits per heavy atom. The lowest BCUT2D eigenvalue weighted by Gasteiger charge is -2.15. The van der Waals surface area contributed by atoms with Gasteiger partial charge in [-0.15, -0.1) is 0 Å². The third-order valence-corrected chi connectivity index (χ3v) is 3.51. The minimum Gasteiger partial charge on any atom is -0.502 e. The number of rotatable bonds is 2. The van der Waals surface area contributed by atoms with Crippen LogP contribution in [-0.2, 0) is 0 Å². The van der Waals surface area contributed by atoms with Gasteiger partial charge in [0.15, 0.2) is 5.76 Å². The SMILES string of the molecule is CN(C)c1ccc2cc3c(C(=O)O)cc(=O)c(O)c-3oc2c1. The van der Waals surface area contributed by atoms with E-state index in [-0.39, 0.29) is 16.9 Å². The van der Waals surface area contributed by atoms with Gasteiger partial charge in [-0.25, -0.2) is 4.79 Å². The Kier molecular flexibility index (Phi) is 3.02. The van der Waals surface area contributed by atoms with Crippen molar-refractivity contribution in [3.63, 3.8) is 0 Å². The van der Waals surface area contributed by atoms with Gasteiger partial charge in [0.1, 0.15) is 5.58 Å². The number of carboxylic acid groups (broad SMARTS) is 1. The molecule has 0 amide bonds. The normalized spacial score (nSPS) is 11.0. The van der Waals surface area contributed by atoms with Gasteiger partial charge in [0, 0.05) is 42.9 Å². The third-order valence-electron chi connectivity index (χ3n) is 3.51. The predicted molar refractivity (Wildman–Crippen MR) is 82.1 cm³/mol. The van der Waals surface area contributed by atoms with E-state index in [0.29, 0.717) is 11.0 Å². The second-order valence-electron chi connectivity index (χ2n) is 5.18. The summed E-state index contributed by atoms with van der Waals surface area (Å²) in [6.07, 6.45) is 0. The molecule has 1 aromatic carbocycles. The van der Waals surface area contributed by atoms with Gasteiger partial charge in [-0.3, -0.25) is 4.79 Å². The molecule has 112 valence electrons. The van der Waals surface area contributed by atoms with Gasteiger partial charge in [0.2, 0.25) is 11.2 Å². The largest absolute Gasteiger partial charge is 0.502 e. The summed E-state index contributed by atoms with van der Waals surface area (Å²) >= 11 is 0. The summed E-state index contributed by atoms with van der Waals surface area (Å²) in [7, 11) is 3.75. The number of phenols is 1. The third kappa shape index (κ3) is 2.05. The summed E-state index contributed by atoms with van der Waals surface area (Å²) in [5.74, 6) is -1.95. The van der Waals surface area contributed by atoms with Crippen molar-refractivity contribution in [2.45, 2.75) is 0 Å². The first-order chi connectivity index (χ1) is 10.4. The Morgan fingerprint density at radius 3 is 2.55 bits per heavy atom. The molecule has 2 aliphatic rings. The molecule has 0 unspecified atom stereocenters. The molecule has 0 atom stereocenters. The zero-order valence-corrected chi connectivity index (χ0v) is 12.0. The zero-order chi connectivity index (χ0) is 16.0. The first-order valence-electron chi connectivity index (χ1n) is 6.52. The van der Waals surface area contributed by atoms with Crippen molar-refractivity contribution < 1.29 is 19.4 Å². The Hall–Kier alpha value is -3.02. The number of hydrogen-bond acceptors (Lipinski definition) is 5. The van der Waals surface area contributed by atoms with E-state index in [1.807, 2.05) is 25.1 Å². The highest BCUT2D eigenvalue weighted by Gasteiger charge is 2.23. The molecule has 1 aliphatic heterocycles. The Labute approximate surface area is 125 Å². The van der Waals surface area contributed by atoms with Crippen LogP contribution in [0.2, 0.25) is 0 Å². The topological polar surface area (TPSA) is 91.0 Å². The molecular weight excluding hydrogens is 286 g/mol. The van der Waals surface area contributed by atoms with Crippen molar-refractivity contribution in [3.05, 3.63) is 46.1 Å². The van der Waals surface area contributed by atoms with Crippen molar-refractivity contribution in [3.8, 4) is 17.1 Å². The first-order valence-corrected chi connectivity index (χ1v) is 6.52. The molecule has 6 heteroatoms. The Morgan fingerprint density at radius 1 is 1.18 bits per heavy atom. The summed E-state index contributed by atoms with van der Waals surface area (Å²) in [5, 5.41) is 19.8. The number of hydrogen-bond donors (Lipinski definition) is 2. The molecular formula is C16H13NO5. The van der Waals surface area contributed by atoms with Crippen LogP contribution in [0.25, 0.3) is 22.3 Å². The molecule has 1 aromatic rings. The lowest BCUT2D eigenvalue weighted by atomic mass is 10.0. The van der Waals surface area contributed by atoms with E-state index in [2.05, 4.69) is 0 Å². The fourth-order valence-electron chi connectivity index (χ4n) is 2.34. The van der Waals surface area contributed by atoms with Crippen molar-refractivity contribution >= 4 is 22.6 Å². The van der Waals surface area contributed by atoms with E-state index < -0.39 is 17.1 Å². The molecule has 0 spiro atoms. The number of phenolic OH excluding ortho intramolecular Hbond substituents is 1. The summed E-state index contributed by atoms with van der Waals surface area (Å²) in [5.41, 5.74) is 0.550. The van der Waals surface area contributed by atoms with Crippen LogP contribution in [0, 0.1) is 0 Å². The molecule has 0 fully saturated rings. The minimum absolute atomic E-state index is 0.117. The maximum absolute atomic E-state index is 11.7. The van der Waals surface area contributed by atoms with E-state index in [1.165, 1.54) is 0 Å². The van der Waals surface area contributed by atoms with Crippen LogP contribution in [0.5, 0.6) is 5.75 Å². The fraction of sp³-hybridized carbons (Fsp3) is 0.125. The van der Waals surface area contributed by atoms with Gasteiger partial charge >= 0.3 is 5.97 Å². The number of nitrogens with zero attached hydrogens (tertiary/aromatic N) is 1. The zero-order valence-electron chi connectivity index (χ0n) is 12.0. The van der Waals surface area contributed by atoms with Gasteiger partial charge in [0.25, 0.3) is 0 Å². The highest BCUT2D eigenvalue weighted by Crippen LogP contribution is 2.36. The standard InChI is InChI=1S/C16H13NO5/c1-17(2)9-4-3-8-5-10-11(16(20)21)7-12(18)14(19)15(10)22-13(8)6-9/h3-7,19H,1-2H3,(H,20,21). The van der Waals surface area contributed by atoms with Crippen molar-refractivity contribution in [1.29, 1.82) is 0 Å². The van der Waals surface area contributed by atoms with Gasteiger partial charge in [-0.2, -0.15) is 0 Å². The second kappa shape index (κ2) is 4.77. The average molecular weight is 299 g/mol. The smallest absolute Gasteiger partial charge is 0.336 e. The average Bonchev–Trinajstić information content (AvgIpc) is 2.48. The Balaban J connectivity index is 2.43. The number of aromatic hydroxyl groups is 1. The van der Waals surface area contributed by atoms with Gasteiger partial charge < -0.3 is 19.5 Å². The van der Waals surface area contributed by atoms with E-state index in [0.717, 1.165) is 11.8 Å². The molecule has 0 aromatic heterocycles. The van der Waals surface area contributed by atoms with Crippen molar-refractivity contribution in [2.24, 2.45) is 0 Å². The van der Waals surface area contributed by atoms with Crippen LogP contribution < -0.4 is 10.3 Å². The molecule has 22 heavy (non-hydrogen) atoms.